The highest BCUT2D eigenvalue weighted by Gasteiger charge is 2.13. The average molecular weight is 336 g/mol. The molecule has 0 aliphatic carbocycles. The maximum absolute atomic E-state index is 13.1. The second-order valence-corrected chi connectivity index (χ2v) is 8.03. The molecular formula is C15H23ClFNO2S. The molecule has 0 radical (unpaired) electrons. The fourth-order valence-electron chi connectivity index (χ4n) is 2.17. The van der Waals surface area contributed by atoms with Gasteiger partial charge in [-0.1, -0.05) is 24.6 Å². The van der Waals surface area contributed by atoms with E-state index in [9.17, 15) is 12.8 Å². The Labute approximate surface area is 131 Å². The summed E-state index contributed by atoms with van der Waals surface area (Å²) in [5.74, 6) is -0.159. The number of nitrogens with one attached hydrogen (secondary N) is 1. The summed E-state index contributed by atoms with van der Waals surface area (Å²) in [5, 5.41) is 3.82. The highest BCUT2D eigenvalue weighted by atomic mass is 35.5. The molecule has 0 amide bonds. The number of rotatable bonds is 9. The molecule has 3 nitrogen and oxygen atoms in total. The Kier molecular flexibility index (Phi) is 7.63. The van der Waals surface area contributed by atoms with Crippen LogP contribution in [0.3, 0.4) is 0 Å². The monoisotopic (exact) mass is 335 g/mol. The molecule has 0 saturated carbocycles. The first-order valence-electron chi connectivity index (χ1n) is 7.17. The molecule has 21 heavy (non-hydrogen) atoms. The first kappa shape index (κ1) is 18.4. The van der Waals surface area contributed by atoms with Gasteiger partial charge in [0.1, 0.15) is 15.7 Å². The molecule has 0 saturated heterocycles. The van der Waals surface area contributed by atoms with Gasteiger partial charge in [0, 0.05) is 23.1 Å². The van der Waals surface area contributed by atoms with Crippen molar-refractivity contribution in [2.24, 2.45) is 0 Å². The summed E-state index contributed by atoms with van der Waals surface area (Å²) in [7, 11) is -2.93. The molecule has 0 spiro atoms. The topological polar surface area (TPSA) is 46.2 Å². The summed E-state index contributed by atoms with van der Waals surface area (Å²) < 4.78 is 35.4. The van der Waals surface area contributed by atoms with E-state index in [4.69, 9.17) is 11.6 Å². The van der Waals surface area contributed by atoms with Crippen molar-refractivity contribution < 1.29 is 12.8 Å². The van der Waals surface area contributed by atoms with Crippen LogP contribution in [0.25, 0.3) is 0 Å². The first-order valence-corrected chi connectivity index (χ1v) is 9.60. The summed E-state index contributed by atoms with van der Waals surface area (Å²) >= 11 is 6.05. The van der Waals surface area contributed by atoms with Crippen molar-refractivity contribution >= 4 is 21.4 Å². The Bertz CT molecular complexity index is 549. The van der Waals surface area contributed by atoms with E-state index in [1.165, 1.54) is 18.4 Å². The Morgan fingerprint density at radius 1 is 1.38 bits per heavy atom. The van der Waals surface area contributed by atoms with Crippen molar-refractivity contribution in [3.05, 3.63) is 34.6 Å². The van der Waals surface area contributed by atoms with Gasteiger partial charge in [-0.05, 0) is 49.9 Å². The standard InChI is InChI=1S/C15H23ClFNO2S/c1-3-8-18-14(5-4-9-21(2,19)20)10-12-6-7-13(17)11-15(12)16/h6-7,11,14,18H,3-5,8-10H2,1-2H3. The second-order valence-electron chi connectivity index (χ2n) is 5.36. The predicted molar refractivity (Wildman–Crippen MR) is 86.1 cm³/mol. The van der Waals surface area contributed by atoms with Crippen LogP contribution in [0.4, 0.5) is 4.39 Å². The normalized spacial score (nSPS) is 13.3. The third-order valence-electron chi connectivity index (χ3n) is 3.23. The lowest BCUT2D eigenvalue weighted by Gasteiger charge is -2.19. The highest BCUT2D eigenvalue weighted by molar-refractivity contribution is 7.90. The van der Waals surface area contributed by atoms with Gasteiger partial charge >= 0.3 is 0 Å². The van der Waals surface area contributed by atoms with Crippen LogP contribution >= 0.6 is 11.6 Å². The van der Waals surface area contributed by atoms with Gasteiger partial charge in [0.15, 0.2) is 0 Å². The number of hydrogen-bond donors (Lipinski definition) is 1. The third kappa shape index (κ3) is 7.79. The maximum Gasteiger partial charge on any atom is 0.147 e. The van der Waals surface area contributed by atoms with Gasteiger partial charge in [0.25, 0.3) is 0 Å². The van der Waals surface area contributed by atoms with Crippen LogP contribution in [0.2, 0.25) is 5.02 Å². The molecule has 0 bridgehead atoms. The van der Waals surface area contributed by atoms with Gasteiger partial charge < -0.3 is 5.32 Å². The second kappa shape index (κ2) is 8.71. The van der Waals surface area contributed by atoms with E-state index in [1.54, 1.807) is 6.07 Å². The van der Waals surface area contributed by atoms with Crippen LogP contribution in [-0.4, -0.2) is 33.0 Å². The number of benzene rings is 1. The lowest BCUT2D eigenvalue weighted by Crippen LogP contribution is -2.32. The lowest BCUT2D eigenvalue weighted by atomic mass is 10.0. The van der Waals surface area contributed by atoms with Crippen molar-refractivity contribution in [3.63, 3.8) is 0 Å². The molecule has 1 aromatic rings. The van der Waals surface area contributed by atoms with Crippen LogP contribution in [0.15, 0.2) is 18.2 Å². The Morgan fingerprint density at radius 3 is 2.67 bits per heavy atom. The first-order chi connectivity index (χ1) is 9.81. The van der Waals surface area contributed by atoms with Crippen LogP contribution in [0.5, 0.6) is 0 Å². The van der Waals surface area contributed by atoms with Crippen LogP contribution in [0.1, 0.15) is 31.7 Å². The molecule has 6 heteroatoms. The van der Waals surface area contributed by atoms with E-state index in [1.807, 2.05) is 0 Å². The highest BCUT2D eigenvalue weighted by Crippen LogP contribution is 2.20. The van der Waals surface area contributed by atoms with Gasteiger partial charge in [-0.2, -0.15) is 0 Å². The fraction of sp³-hybridized carbons (Fsp3) is 0.600. The van der Waals surface area contributed by atoms with E-state index in [2.05, 4.69) is 12.2 Å². The van der Waals surface area contributed by atoms with Gasteiger partial charge in [-0.25, -0.2) is 12.8 Å². The van der Waals surface area contributed by atoms with E-state index in [0.29, 0.717) is 17.9 Å². The minimum atomic E-state index is -2.93. The summed E-state index contributed by atoms with van der Waals surface area (Å²) in [4.78, 5) is 0. The minimum Gasteiger partial charge on any atom is -0.314 e. The quantitative estimate of drug-likeness (QED) is 0.753. The summed E-state index contributed by atoms with van der Waals surface area (Å²) in [5.41, 5.74) is 0.881. The molecule has 0 aromatic heterocycles. The van der Waals surface area contributed by atoms with Gasteiger partial charge in [-0.15, -0.1) is 0 Å². The molecular weight excluding hydrogens is 313 g/mol. The summed E-state index contributed by atoms with van der Waals surface area (Å²) in [6, 6.07) is 4.54. The molecule has 1 rings (SSSR count). The fourth-order valence-corrected chi connectivity index (χ4v) is 3.10. The molecule has 1 aromatic carbocycles. The molecule has 0 aliphatic heterocycles. The molecule has 1 atom stereocenters. The number of halogens is 2. The number of sulfone groups is 1. The molecule has 0 aliphatic rings. The molecule has 1 unspecified atom stereocenters. The minimum absolute atomic E-state index is 0.148. The van der Waals surface area contributed by atoms with Crippen LogP contribution in [0, 0.1) is 5.82 Å². The number of hydrogen-bond acceptors (Lipinski definition) is 3. The van der Waals surface area contributed by atoms with E-state index >= 15 is 0 Å². The molecule has 120 valence electrons. The van der Waals surface area contributed by atoms with Gasteiger partial charge in [0.2, 0.25) is 0 Å². The Balaban J connectivity index is 2.64. The summed E-state index contributed by atoms with van der Waals surface area (Å²) in [6.45, 7) is 2.94. The van der Waals surface area contributed by atoms with Crippen molar-refractivity contribution in [1.82, 2.24) is 5.32 Å². The van der Waals surface area contributed by atoms with E-state index in [0.717, 1.165) is 24.9 Å². The third-order valence-corrected chi connectivity index (χ3v) is 4.61. The Hall–Kier alpha value is -0.650. The van der Waals surface area contributed by atoms with Crippen molar-refractivity contribution in [2.45, 2.75) is 38.6 Å². The summed E-state index contributed by atoms with van der Waals surface area (Å²) in [6.07, 6.45) is 4.28. The Morgan fingerprint density at radius 2 is 2.10 bits per heavy atom. The zero-order chi connectivity index (χ0) is 15.9. The van der Waals surface area contributed by atoms with Gasteiger partial charge in [-0.3, -0.25) is 0 Å². The smallest absolute Gasteiger partial charge is 0.147 e. The van der Waals surface area contributed by atoms with E-state index < -0.39 is 9.84 Å². The van der Waals surface area contributed by atoms with Crippen molar-refractivity contribution in [1.29, 1.82) is 0 Å². The van der Waals surface area contributed by atoms with Gasteiger partial charge in [0.05, 0.1) is 0 Å². The predicted octanol–water partition coefficient (Wildman–Crippen LogP) is 3.21. The average Bonchev–Trinajstić information content (AvgIpc) is 2.37. The maximum atomic E-state index is 13.1. The van der Waals surface area contributed by atoms with Crippen LogP contribution in [-0.2, 0) is 16.3 Å². The zero-order valence-electron chi connectivity index (χ0n) is 12.5. The van der Waals surface area contributed by atoms with Crippen molar-refractivity contribution in [2.75, 3.05) is 18.6 Å². The SMILES string of the molecule is CCCNC(CCCS(C)(=O)=O)Cc1ccc(F)cc1Cl. The molecule has 0 fully saturated rings. The zero-order valence-corrected chi connectivity index (χ0v) is 14.1. The van der Waals surface area contributed by atoms with E-state index in [-0.39, 0.29) is 17.6 Å². The van der Waals surface area contributed by atoms with Crippen molar-refractivity contribution in [3.8, 4) is 0 Å². The molecule has 1 N–H and O–H groups in total. The lowest BCUT2D eigenvalue weighted by molar-refractivity contribution is 0.471. The van der Waals surface area contributed by atoms with Crippen LogP contribution < -0.4 is 5.32 Å². The molecule has 0 heterocycles. The largest absolute Gasteiger partial charge is 0.314 e.